The topological polar surface area (TPSA) is 63.2 Å². The molecule has 0 aliphatic carbocycles. The van der Waals surface area contributed by atoms with Crippen LogP contribution < -0.4 is 0 Å². The van der Waals surface area contributed by atoms with E-state index in [1.807, 2.05) is 0 Å². The average Bonchev–Trinajstić information content (AvgIpc) is 0.722. The maximum atomic E-state index is 8.89. The van der Waals surface area contributed by atoms with Crippen LogP contribution in [-0.4, -0.2) is 13.3 Å². The molecule has 0 N–H and O–H groups in total. The van der Waals surface area contributed by atoms with Gasteiger partial charge in [-0.2, -0.15) is 0 Å². The predicted molar refractivity (Wildman–Crippen MR) is 17.1 cm³/mol. The summed E-state index contributed by atoms with van der Waals surface area (Å²) in [5.41, 5.74) is 0. The largest absolute Gasteiger partial charge is 2.00 e. The number of hydrogen-bond acceptors (Lipinski definition) is 4. The monoisotopic (exact) mass is 175 g/mol. The van der Waals surface area contributed by atoms with Gasteiger partial charge in [0, 0.05) is 0 Å². The summed E-state index contributed by atoms with van der Waals surface area (Å²) >= 11 is 3.24. The maximum absolute atomic E-state index is 8.89. The first kappa shape index (κ1) is 9.94. The summed E-state index contributed by atoms with van der Waals surface area (Å²) < 4.78 is 26.7. The molecule has 0 spiro atoms. The molecule has 0 aromatic carbocycles. The fourth-order valence-electron chi connectivity index (χ4n) is 0. The van der Waals surface area contributed by atoms with Gasteiger partial charge in [0.2, 0.25) is 0 Å². The van der Waals surface area contributed by atoms with E-state index in [0.29, 0.717) is 0 Å². The fourth-order valence-corrected chi connectivity index (χ4v) is 0. The molecule has 0 saturated carbocycles. The Morgan fingerprint density at radius 3 is 1.50 bits per heavy atom. The summed E-state index contributed by atoms with van der Waals surface area (Å²) in [6.07, 6.45) is 0. The minimum atomic E-state index is -4.33. The van der Waals surface area contributed by atoms with E-state index in [9.17, 15) is 0 Å². The van der Waals surface area contributed by atoms with Gasteiger partial charge < -0.3 is 9.11 Å². The summed E-state index contributed by atoms with van der Waals surface area (Å²) in [5.74, 6) is 0. The van der Waals surface area contributed by atoms with Crippen molar-refractivity contribution in [3.8, 4) is 0 Å². The van der Waals surface area contributed by atoms with Crippen molar-refractivity contribution < 1.29 is 30.4 Å². The minimum absolute atomic E-state index is 0. The third kappa shape index (κ3) is 107. The van der Waals surface area contributed by atoms with Crippen LogP contribution in [0.15, 0.2) is 0 Å². The Labute approximate surface area is 50.9 Å². The molecule has 6 heavy (non-hydrogen) atoms. The Morgan fingerprint density at radius 2 is 1.50 bits per heavy atom. The van der Waals surface area contributed by atoms with Crippen LogP contribution in [0.4, 0.5) is 0 Å². The Hall–Kier alpha value is 0.809. The van der Waals surface area contributed by atoms with Crippen molar-refractivity contribution in [2.75, 3.05) is 0 Å². The average molecular weight is 176 g/mol. The van der Waals surface area contributed by atoms with Gasteiger partial charge in [-0.1, -0.05) is 0 Å². The van der Waals surface area contributed by atoms with E-state index in [4.69, 9.17) is 13.3 Å². The summed E-state index contributed by atoms with van der Waals surface area (Å²) in [6, 6.07) is 0. The number of rotatable bonds is 0. The van der Waals surface area contributed by atoms with Crippen molar-refractivity contribution >= 4 is 20.2 Å². The van der Waals surface area contributed by atoms with E-state index in [-0.39, 0.29) is 17.1 Å². The first-order chi connectivity index (χ1) is 2.00. The van der Waals surface area contributed by atoms with Crippen LogP contribution in [0.3, 0.4) is 0 Å². The van der Waals surface area contributed by atoms with Gasteiger partial charge in [0.25, 0.3) is 0 Å². The Balaban J connectivity index is 0. The van der Waals surface area contributed by atoms with E-state index < -0.39 is 9.05 Å². The quantitative estimate of drug-likeness (QED) is 0.443. The van der Waals surface area contributed by atoms with Crippen molar-refractivity contribution in [3.05, 3.63) is 0 Å². The zero-order valence-corrected chi connectivity index (χ0v) is 4.92. The van der Waals surface area contributed by atoms with Crippen LogP contribution in [0, 0.1) is 0 Å². The molecule has 0 bridgehead atoms. The van der Waals surface area contributed by atoms with Gasteiger partial charge in [0.05, 0.1) is 0 Å². The van der Waals surface area contributed by atoms with Crippen LogP contribution in [0.1, 0.15) is 0 Å². The second-order valence-electron chi connectivity index (χ2n) is 0.408. The zero-order valence-electron chi connectivity index (χ0n) is 2.34. The Bertz CT molecular complexity index is 92.0. The van der Waals surface area contributed by atoms with Crippen molar-refractivity contribution in [3.63, 3.8) is 0 Å². The second-order valence-corrected chi connectivity index (χ2v) is 2.45. The smallest absolute Gasteiger partial charge is 0.780 e. The van der Waals surface area contributed by atoms with Crippen molar-refractivity contribution in [2.24, 2.45) is 0 Å². The van der Waals surface area contributed by atoms with E-state index in [0.717, 1.165) is 0 Å². The predicted octanol–water partition coefficient (Wildman–Crippen LogP) is -1.01. The van der Waals surface area contributed by atoms with Crippen LogP contribution in [0.2, 0.25) is 0 Å². The summed E-state index contributed by atoms with van der Waals surface area (Å²) in [7, 11) is -4.33. The molecule has 0 atom stereocenters. The van der Waals surface area contributed by atoms with Crippen LogP contribution in [0.25, 0.3) is 0 Å². The molecule has 0 aliphatic heterocycles. The number of hydrogen-bond donors (Lipinski definition) is 0. The molecule has 0 aromatic rings. The molecule has 6 heteroatoms. The van der Waals surface area contributed by atoms with Gasteiger partial charge in [0.1, 0.15) is 0 Å². The zero-order chi connectivity index (χ0) is 4.50. The van der Waals surface area contributed by atoms with Gasteiger partial charge in [0.15, 0.2) is 0 Å². The molecule has 0 amide bonds. The van der Waals surface area contributed by atoms with E-state index in [1.54, 1.807) is 0 Å². The molecule has 0 rings (SSSR count). The van der Waals surface area contributed by atoms with Crippen molar-refractivity contribution in [1.82, 2.24) is 0 Å². The molecular formula is CuO3S2. The third-order valence-corrected chi connectivity index (χ3v) is 0. The summed E-state index contributed by atoms with van der Waals surface area (Å²) in [4.78, 5) is 0. The normalized spacial score (nSPS) is 9.67. The van der Waals surface area contributed by atoms with Crippen LogP contribution in [0.5, 0.6) is 0 Å². The van der Waals surface area contributed by atoms with Gasteiger partial charge in [-0.3, -0.25) is 4.21 Å². The standard InChI is InChI=1S/Cu.H2O3S2/c;1-5(2,3)4/h;(H2,1,2,3,4)/q+2;/p-2. The minimum Gasteiger partial charge on any atom is -0.780 e. The van der Waals surface area contributed by atoms with Crippen LogP contribution >= 0.6 is 0 Å². The molecule has 0 saturated heterocycles. The van der Waals surface area contributed by atoms with Crippen LogP contribution in [-0.2, 0) is 37.3 Å². The molecule has 0 aromatic heterocycles. The summed E-state index contributed by atoms with van der Waals surface area (Å²) in [6.45, 7) is 0. The molecule has 3 nitrogen and oxygen atoms in total. The van der Waals surface area contributed by atoms with E-state index in [1.165, 1.54) is 0 Å². The molecule has 0 unspecified atom stereocenters. The fraction of sp³-hybridized carbons (Fsp3) is 0. The SMILES string of the molecule is O=S([O-])([O-])=S.[Cu+2]. The molecule has 0 fully saturated rings. The molecule has 0 heterocycles. The van der Waals surface area contributed by atoms with Gasteiger partial charge in [-0.25, -0.2) is 0 Å². The Kier molecular flexibility index (Phi) is 4.80. The van der Waals surface area contributed by atoms with Gasteiger partial charge >= 0.3 is 17.1 Å². The second kappa shape index (κ2) is 2.90. The molecular weight excluding hydrogens is 176 g/mol. The van der Waals surface area contributed by atoms with Gasteiger partial charge in [-0.15, -0.1) is 9.05 Å². The molecule has 1 radical (unpaired) electrons. The van der Waals surface area contributed by atoms with E-state index >= 15 is 0 Å². The van der Waals surface area contributed by atoms with Gasteiger partial charge in [-0.05, 0) is 11.2 Å². The van der Waals surface area contributed by atoms with E-state index in [2.05, 4.69) is 11.2 Å². The van der Waals surface area contributed by atoms with Crippen molar-refractivity contribution in [2.45, 2.75) is 0 Å². The molecule has 0 aliphatic rings. The summed E-state index contributed by atoms with van der Waals surface area (Å²) in [5, 5.41) is 0. The Morgan fingerprint density at radius 1 is 1.50 bits per heavy atom. The van der Waals surface area contributed by atoms with Crippen molar-refractivity contribution in [1.29, 1.82) is 0 Å². The maximum Gasteiger partial charge on any atom is 2.00 e. The first-order valence-corrected chi connectivity index (χ1v) is 3.00. The third-order valence-electron chi connectivity index (χ3n) is 0. The first-order valence-electron chi connectivity index (χ1n) is 0.667. The molecule has 41 valence electrons.